The maximum absolute atomic E-state index is 13.2. The van der Waals surface area contributed by atoms with E-state index in [1.165, 1.54) is 0 Å². The minimum Gasteiger partial charge on any atom is -0.358 e. The molecule has 10 heteroatoms. The van der Waals surface area contributed by atoms with Crippen molar-refractivity contribution >= 4 is 58.2 Å². The van der Waals surface area contributed by atoms with Crippen LogP contribution in [0.25, 0.3) is 0 Å². The van der Waals surface area contributed by atoms with E-state index in [1.54, 1.807) is 9.80 Å². The highest BCUT2D eigenvalue weighted by Gasteiger charge is 2.43. The number of ether oxygens (including phenoxy) is 2. The van der Waals surface area contributed by atoms with Gasteiger partial charge in [0.25, 0.3) is 11.8 Å². The van der Waals surface area contributed by atoms with E-state index < -0.39 is 12.2 Å². The van der Waals surface area contributed by atoms with Gasteiger partial charge in [0, 0.05) is 47.0 Å². The fraction of sp³-hybridized carbons (Fsp3) is 0.208. The van der Waals surface area contributed by atoms with Gasteiger partial charge in [-0.15, -0.1) is 0 Å². The van der Waals surface area contributed by atoms with Gasteiger partial charge in [0.15, 0.2) is 0 Å². The van der Waals surface area contributed by atoms with Crippen molar-refractivity contribution in [2.24, 2.45) is 0 Å². The van der Waals surface area contributed by atoms with Crippen LogP contribution >= 0.6 is 46.4 Å². The smallest absolute Gasteiger partial charge is 0.252 e. The molecule has 6 aromatic carbocycles. The molecule has 6 aromatic rings. The molecule has 2 fully saturated rings. The Labute approximate surface area is 359 Å². The van der Waals surface area contributed by atoms with E-state index >= 15 is 0 Å². The summed E-state index contributed by atoms with van der Waals surface area (Å²) in [5, 5.41) is 2.64. The van der Waals surface area contributed by atoms with Crippen molar-refractivity contribution < 1.29 is 19.1 Å². The molecule has 0 N–H and O–H groups in total. The van der Waals surface area contributed by atoms with Crippen LogP contribution in [-0.4, -0.2) is 47.9 Å². The summed E-state index contributed by atoms with van der Waals surface area (Å²) in [5.41, 5.74) is 6.04. The van der Waals surface area contributed by atoms with E-state index in [2.05, 4.69) is 0 Å². The number of rotatable bonds is 8. The molecule has 2 saturated heterocycles. The van der Waals surface area contributed by atoms with Crippen molar-refractivity contribution in [1.29, 1.82) is 0 Å². The van der Waals surface area contributed by atoms with Crippen LogP contribution in [0.15, 0.2) is 158 Å². The number of carbonyl (C=O) groups excluding carboxylic acids is 2. The number of hydrogen-bond donors (Lipinski definition) is 0. The Balaban J connectivity index is 0.000000177. The monoisotopic (exact) mass is 850 g/mol. The zero-order chi connectivity index (χ0) is 40.8. The van der Waals surface area contributed by atoms with Gasteiger partial charge in [-0.3, -0.25) is 9.59 Å². The number of hydrogen-bond acceptors (Lipinski definition) is 4. The van der Waals surface area contributed by atoms with Crippen LogP contribution in [-0.2, 0) is 31.9 Å². The first-order chi connectivity index (χ1) is 28.0. The van der Waals surface area contributed by atoms with Gasteiger partial charge in [-0.1, -0.05) is 156 Å². The average molecular weight is 853 g/mol. The Morgan fingerprint density at radius 3 is 0.983 bits per heavy atom. The van der Waals surface area contributed by atoms with Crippen molar-refractivity contribution in [3.05, 3.63) is 211 Å². The van der Waals surface area contributed by atoms with Crippen LogP contribution < -0.4 is 0 Å². The van der Waals surface area contributed by atoms with Crippen LogP contribution in [0.1, 0.15) is 57.7 Å². The number of amides is 2. The van der Waals surface area contributed by atoms with Crippen molar-refractivity contribution in [1.82, 2.24) is 9.80 Å². The molecule has 2 aliphatic rings. The number of halogens is 4. The Kier molecular flexibility index (Phi) is 13.6. The van der Waals surface area contributed by atoms with Gasteiger partial charge in [0.1, 0.15) is 24.4 Å². The third-order valence-corrected chi connectivity index (χ3v) is 11.6. The van der Waals surface area contributed by atoms with Crippen molar-refractivity contribution in [3.8, 4) is 0 Å². The first kappa shape index (κ1) is 41.5. The zero-order valence-corrected chi connectivity index (χ0v) is 35.0. The predicted molar refractivity (Wildman–Crippen MR) is 232 cm³/mol. The Bertz CT molecular complexity index is 2110. The molecule has 0 aliphatic carbocycles. The summed E-state index contributed by atoms with van der Waals surface area (Å²) in [4.78, 5) is 29.9. The molecular formula is C48H42Cl4N2O4. The third kappa shape index (κ3) is 9.78. The van der Waals surface area contributed by atoms with Crippen LogP contribution in [0.3, 0.4) is 0 Å². The molecule has 2 heterocycles. The summed E-state index contributed by atoms with van der Waals surface area (Å²) in [6.07, 6.45) is -0.670. The zero-order valence-electron chi connectivity index (χ0n) is 31.9. The molecule has 8 rings (SSSR count). The molecule has 0 spiro atoms. The van der Waals surface area contributed by atoms with E-state index in [1.807, 2.05) is 172 Å². The minimum absolute atomic E-state index is 0.0287. The van der Waals surface area contributed by atoms with E-state index in [0.717, 1.165) is 33.4 Å². The quantitative estimate of drug-likeness (QED) is 0.153. The van der Waals surface area contributed by atoms with E-state index in [0.29, 0.717) is 32.9 Å². The summed E-state index contributed by atoms with van der Waals surface area (Å²) in [6.45, 7) is 0. The number of likely N-dealkylation sites (N-methyl/N-ethyl adjacent to an activating group) is 2. The topological polar surface area (TPSA) is 59.1 Å². The molecule has 2 amide bonds. The SMILES string of the molecule is CN1C(=O)[C@@H](Cc2ccccc2)O[C@H](c2ccc(Cl)cc2)[C@@H]1c1ccc(Cl)cc1.CN1C(=O)[C@H](Cc2ccccc2)OC(c2ccc(Cl)cc2)[C@H]1c1ccc(Cl)cc1. The summed E-state index contributed by atoms with van der Waals surface area (Å²) >= 11 is 24.3. The standard InChI is InChI=1S/2C24H21Cl2NO2/c2*1-27-22(17-7-11-19(25)12-8-17)23(18-9-13-20(26)14-10-18)29-21(24(27)28)15-16-5-3-2-4-6-16/h2*2-14,21-23H,15H2,1H3/t21-,22+,23?;21-,22+,23-/m01/s1. The number of benzene rings is 6. The third-order valence-electron chi connectivity index (χ3n) is 10.6. The highest BCUT2D eigenvalue weighted by molar-refractivity contribution is 6.31. The second-order valence-corrected chi connectivity index (χ2v) is 16.2. The molecule has 58 heavy (non-hydrogen) atoms. The molecule has 6 atom stereocenters. The summed E-state index contributed by atoms with van der Waals surface area (Å²) in [6, 6.07) is 49.7. The van der Waals surface area contributed by atoms with Crippen molar-refractivity contribution in [2.75, 3.05) is 14.1 Å². The molecule has 0 bridgehead atoms. The highest BCUT2D eigenvalue weighted by Crippen LogP contribution is 2.43. The average Bonchev–Trinajstić information content (AvgIpc) is 3.24. The van der Waals surface area contributed by atoms with Gasteiger partial charge in [-0.25, -0.2) is 0 Å². The summed E-state index contributed by atoms with van der Waals surface area (Å²) in [5.74, 6) is -0.0574. The number of nitrogens with zero attached hydrogens (tertiary/aromatic N) is 2. The molecule has 0 aromatic heterocycles. The Morgan fingerprint density at radius 1 is 0.414 bits per heavy atom. The molecule has 296 valence electrons. The largest absolute Gasteiger partial charge is 0.358 e. The fourth-order valence-corrected chi connectivity index (χ4v) is 8.13. The first-order valence-corrected chi connectivity index (χ1v) is 20.5. The highest BCUT2D eigenvalue weighted by atomic mass is 35.5. The van der Waals surface area contributed by atoms with Gasteiger partial charge < -0.3 is 19.3 Å². The van der Waals surface area contributed by atoms with Crippen LogP contribution in [0.4, 0.5) is 0 Å². The summed E-state index contributed by atoms with van der Waals surface area (Å²) < 4.78 is 12.9. The van der Waals surface area contributed by atoms with Gasteiger partial charge in [-0.05, 0) is 81.9 Å². The summed E-state index contributed by atoms with van der Waals surface area (Å²) in [7, 11) is 3.68. The molecule has 0 radical (unpaired) electrons. The second kappa shape index (κ2) is 18.9. The van der Waals surface area contributed by atoms with Crippen molar-refractivity contribution in [3.63, 3.8) is 0 Å². The van der Waals surface area contributed by atoms with Gasteiger partial charge >= 0.3 is 0 Å². The maximum atomic E-state index is 13.2. The normalized spacial score (nSPS) is 22.0. The van der Waals surface area contributed by atoms with E-state index in [4.69, 9.17) is 55.9 Å². The lowest BCUT2D eigenvalue weighted by Crippen LogP contribution is -2.49. The van der Waals surface area contributed by atoms with E-state index in [-0.39, 0.29) is 36.1 Å². The molecule has 1 unspecified atom stereocenters. The lowest BCUT2D eigenvalue weighted by atomic mass is 9.91. The second-order valence-electron chi connectivity index (χ2n) is 14.5. The van der Waals surface area contributed by atoms with Crippen LogP contribution in [0.5, 0.6) is 0 Å². The fourth-order valence-electron chi connectivity index (χ4n) is 7.62. The van der Waals surface area contributed by atoms with Crippen molar-refractivity contribution in [2.45, 2.75) is 49.3 Å². The predicted octanol–water partition coefficient (Wildman–Crippen LogP) is 11.8. The lowest BCUT2D eigenvalue weighted by Gasteiger charge is -2.43. The molecule has 2 aliphatic heterocycles. The number of morpholine rings is 2. The number of carbonyl (C=O) groups is 2. The Morgan fingerprint density at radius 2 is 0.690 bits per heavy atom. The van der Waals surface area contributed by atoms with Gasteiger partial charge in [-0.2, -0.15) is 0 Å². The first-order valence-electron chi connectivity index (χ1n) is 19.0. The Hall–Kier alpha value is -4.66. The van der Waals surface area contributed by atoms with Gasteiger partial charge in [0.05, 0.1) is 12.1 Å². The van der Waals surface area contributed by atoms with E-state index in [9.17, 15) is 9.59 Å². The minimum atomic E-state index is -0.549. The maximum Gasteiger partial charge on any atom is 0.252 e. The van der Waals surface area contributed by atoms with Crippen LogP contribution in [0.2, 0.25) is 20.1 Å². The molecule has 6 nitrogen and oxygen atoms in total. The molecule has 0 saturated carbocycles. The molecular weight excluding hydrogens is 810 g/mol. The van der Waals surface area contributed by atoms with Gasteiger partial charge in [0.2, 0.25) is 0 Å². The van der Waals surface area contributed by atoms with Crippen LogP contribution in [0, 0.1) is 0 Å². The lowest BCUT2D eigenvalue weighted by molar-refractivity contribution is -0.171.